The van der Waals surface area contributed by atoms with E-state index in [1.165, 1.54) is 5.56 Å². The number of benzene rings is 1. The third-order valence-electron chi connectivity index (χ3n) is 7.73. The zero-order valence-electron chi connectivity index (χ0n) is 21.5. The molecular formula is C26H37Cl2N7O2. The third-order valence-corrected chi connectivity index (χ3v) is 8.22. The molecule has 3 heterocycles. The lowest BCUT2D eigenvalue weighted by Gasteiger charge is -2.47. The SMILES string of the molecule is CC[C@H]1CN(c2nc(N)c(C(N)=O)nc2Cl)CCN1C1CCN(Cc2ccc(Cl)cc2C(C)CO)CC1. The van der Waals surface area contributed by atoms with Crippen LogP contribution in [0.2, 0.25) is 10.2 Å². The number of anilines is 2. The first kappa shape index (κ1) is 27.9. The monoisotopic (exact) mass is 549 g/mol. The Morgan fingerprint density at radius 1 is 1.19 bits per heavy atom. The fraction of sp³-hybridized carbons (Fsp3) is 0.577. The van der Waals surface area contributed by atoms with Crippen molar-refractivity contribution in [2.24, 2.45) is 5.73 Å². The van der Waals surface area contributed by atoms with Crippen LogP contribution in [0.4, 0.5) is 11.6 Å². The number of nitrogens with two attached hydrogens (primary N) is 2. The van der Waals surface area contributed by atoms with Crippen LogP contribution in [0.5, 0.6) is 0 Å². The van der Waals surface area contributed by atoms with Gasteiger partial charge in [-0.25, -0.2) is 9.97 Å². The number of piperazine rings is 1. The third kappa shape index (κ3) is 6.29. The molecule has 202 valence electrons. The van der Waals surface area contributed by atoms with E-state index < -0.39 is 5.91 Å². The van der Waals surface area contributed by atoms with Gasteiger partial charge in [0.25, 0.3) is 5.91 Å². The fourth-order valence-corrected chi connectivity index (χ4v) is 6.05. The van der Waals surface area contributed by atoms with Crippen molar-refractivity contribution in [2.45, 2.75) is 57.7 Å². The second-order valence-corrected chi connectivity index (χ2v) is 10.9. The van der Waals surface area contributed by atoms with Crippen molar-refractivity contribution >= 4 is 40.7 Å². The highest BCUT2D eigenvalue weighted by Gasteiger charge is 2.34. The molecule has 2 saturated heterocycles. The molecule has 11 heteroatoms. The molecule has 1 amide bonds. The Morgan fingerprint density at radius 2 is 1.92 bits per heavy atom. The van der Waals surface area contributed by atoms with Gasteiger partial charge in [0.2, 0.25) is 0 Å². The topological polar surface area (TPSA) is 125 Å². The first-order valence-corrected chi connectivity index (χ1v) is 13.7. The van der Waals surface area contributed by atoms with E-state index in [9.17, 15) is 9.90 Å². The van der Waals surface area contributed by atoms with Crippen molar-refractivity contribution in [1.82, 2.24) is 19.8 Å². The number of nitrogen functional groups attached to an aromatic ring is 1. The van der Waals surface area contributed by atoms with Crippen LogP contribution in [-0.2, 0) is 6.54 Å². The van der Waals surface area contributed by atoms with E-state index in [4.69, 9.17) is 34.7 Å². The van der Waals surface area contributed by atoms with Gasteiger partial charge in [0, 0.05) is 55.8 Å². The standard InChI is InChI=1S/C26H37Cl2N7O2/c1-3-19-14-34(26-23(28)31-22(25(30)37)24(29)32-26)10-11-35(19)20-6-8-33(9-7-20)13-17-4-5-18(27)12-21(17)16(2)15-36/h4-5,12,16,19-20,36H,3,6-11,13-15H2,1-2H3,(H2,29,32)(H2,30,37)/t16?,19-/m0/s1. The van der Waals surface area contributed by atoms with Gasteiger partial charge >= 0.3 is 0 Å². The highest BCUT2D eigenvalue weighted by atomic mass is 35.5. The highest BCUT2D eigenvalue weighted by molar-refractivity contribution is 6.32. The molecule has 2 aromatic rings. The number of carbonyl (C=O) groups excluding carboxylic acids is 1. The highest BCUT2D eigenvalue weighted by Crippen LogP contribution is 2.31. The summed E-state index contributed by atoms with van der Waals surface area (Å²) in [4.78, 5) is 27.2. The maximum atomic E-state index is 11.5. The predicted octanol–water partition coefficient (Wildman–Crippen LogP) is 3.13. The Morgan fingerprint density at radius 3 is 2.57 bits per heavy atom. The van der Waals surface area contributed by atoms with Gasteiger partial charge in [0.1, 0.15) is 0 Å². The molecule has 0 bridgehead atoms. The Balaban J connectivity index is 1.38. The molecule has 1 aromatic heterocycles. The van der Waals surface area contributed by atoms with Gasteiger partial charge in [-0.2, -0.15) is 0 Å². The molecule has 1 unspecified atom stereocenters. The summed E-state index contributed by atoms with van der Waals surface area (Å²) in [6, 6.07) is 6.90. The Bertz CT molecular complexity index is 1110. The van der Waals surface area contributed by atoms with Crippen LogP contribution >= 0.6 is 23.2 Å². The normalized spacial score (nSPS) is 20.8. The second kappa shape index (κ2) is 12.1. The van der Waals surface area contributed by atoms with Gasteiger partial charge in [-0.1, -0.05) is 43.1 Å². The molecule has 4 rings (SSSR count). The van der Waals surface area contributed by atoms with E-state index in [0.29, 0.717) is 22.9 Å². The van der Waals surface area contributed by atoms with Gasteiger partial charge in [0.15, 0.2) is 22.5 Å². The number of piperidine rings is 1. The summed E-state index contributed by atoms with van der Waals surface area (Å²) in [5.41, 5.74) is 13.5. The van der Waals surface area contributed by atoms with Crippen LogP contribution in [0.15, 0.2) is 18.2 Å². The second-order valence-electron chi connectivity index (χ2n) is 10.1. The minimum absolute atomic E-state index is 0.00646. The molecule has 0 saturated carbocycles. The number of carbonyl (C=O) groups is 1. The van der Waals surface area contributed by atoms with Crippen LogP contribution in [0.25, 0.3) is 0 Å². The average Bonchev–Trinajstić information content (AvgIpc) is 2.90. The number of aromatic nitrogens is 2. The van der Waals surface area contributed by atoms with Gasteiger partial charge in [-0.05, 0) is 55.6 Å². The van der Waals surface area contributed by atoms with Gasteiger partial charge in [-0.15, -0.1) is 0 Å². The number of likely N-dealkylation sites (tertiary alicyclic amines) is 1. The number of aliphatic hydroxyl groups excluding tert-OH is 1. The molecular weight excluding hydrogens is 513 g/mol. The van der Waals surface area contributed by atoms with Crippen LogP contribution in [0, 0.1) is 0 Å². The van der Waals surface area contributed by atoms with Crippen LogP contribution in [0.1, 0.15) is 60.6 Å². The quantitative estimate of drug-likeness (QED) is 0.458. The molecule has 2 atom stereocenters. The van der Waals surface area contributed by atoms with Gasteiger partial charge in [0.05, 0.1) is 0 Å². The first-order valence-electron chi connectivity index (χ1n) is 13.0. The maximum absolute atomic E-state index is 11.5. The van der Waals surface area contributed by atoms with E-state index in [2.05, 4.69) is 37.7 Å². The summed E-state index contributed by atoms with van der Waals surface area (Å²) < 4.78 is 0. The smallest absolute Gasteiger partial charge is 0.271 e. The molecule has 2 aliphatic heterocycles. The van der Waals surface area contributed by atoms with Crippen molar-refractivity contribution in [2.75, 3.05) is 50.0 Å². The molecule has 2 aliphatic rings. The fourth-order valence-electron chi connectivity index (χ4n) is 5.62. The molecule has 0 radical (unpaired) electrons. The van der Waals surface area contributed by atoms with Gasteiger partial charge in [-0.3, -0.25) is 14.6 Å². The van der Waals surface area contributed by atoms with Gasteiger partial charge < -0.3 is 21.5 Å². The molecule has 9 nitrogen and oxygen atoms in total. The Hall–Kier alpha value is -2.17. The zero-order chi connectivity index (χ0) is 26.7. The summed E-state index contributed by atoms with van der Waals surface area (Å²) in [7, 11) is 0. The summed E-state index contributed by atoms with van der Waals surface area (Å²) in [5, 5.41) is 10.5. The molecule has 5 N–H and O–H groups in total. The van der Waals surface area contributed by atoms with E-state index >= 15 is 0 Å². The Labute approximate surface area is 228 Å². The van der Waals surface area contributed by atoms with E-state index in [1.54, 1.807) is 0 Å². The molecule has 0 aliphatic carbocycles. The van der Waals surface area contributed by atoms with E-state index in [-0.39, 0.29) is 29.2 Å². The number of hydrogen-bond donors (Lipinski definition) is 3. The summed E-state index contributed by atoms with van der Waals surface area (Å²) >= 11 is 12.6. The summed E-state index contributed by atoms with van der Waals surface area (Å²) in [5.74, 6) is -0.162. The number of halogens is 2. The molecule has 1 aromatic carbocycles. The van der Waals surface area contributed by atoms with Crippen LogP contribution < -0.4 is 16.4 Å². The first-order chi connectivity index (χ1) is 17.7. The lowest BCUT2D eigenvalue weighted by Crippen LogP contribution is -2.58. The van der Waals surface area contributed by atoms with Crippen LogP contribution in [-0.4, -0.2) is 82.2 Å². The van der Waals surface area contributed by atoms with E-state index in [1.807, 2.05) is 19.1 Å². The lowest BCUT2D eigenvalue weighted by molar-refractivity contribution is 0.0609. The minimum atomic E-state index is -0.740. The largest absolute Gasteiger partial charge is 0.396 e. The molecule has 0 spiro atoms. The van der Waals surface area contributed by atoms with Crippen molar-refractivity contribution in [3.8, 4) is 0 Å². The molecule has 37 heavy (non-hydrogen) atoms. The van der Waals surface area contributed by atoms with Crippen LogP contribution in [0.3, 0.4) is 0 Å². The number of hydrogen-bond acceptors (Lipinski definition) is 8. The average molecular weight is 551 g/mol. The summed E-state index contributed by atoms with van der Waals surface area (Å²) in [6.45, 7) is 9.70. The minimum Gasteiger partial charge on any atom is -0.396 e. The number of rotatable bonds is 8. The number of aliphatic hydroxyl groups is 1. The zero-order valence-corrected chi connectivity index (χ0v) is 23.0. The van der Waals surface area contributed by atoms with Crippen molar-refractivity contribution < 1.29 is 9.90 Å². The van der Waals surface area contributed by atoms with Crippen molar-refractivity contribution in [3.05, 3.63) is 45.2 Å². The molecule has 2 fully saturated rings. The lowest BCUT2D eigenvalue weighted by atomic mass is 9.94. The van der Waals surface area contributed by atoms with E-state index in [0.717, 1.165) is 64.1 Å². The number of primary amides is 1. The Kier molecular flexibility index (Phi) is 9.13. The number of amides is 1. The number of nitrogens with zero attached hydrogens (tertiary/aromatic N) is 5. The van der Waals surface area contributed by atoms with Crippen molar-refractivity contribution in [3.63, 3.8) is 0 Å². The maximum Gasteiger partial charge on any atom is 0.271 e. The summed E-state index contributed by atoms with van der Waals surface area (Å²) in [6.07, 6.45) is 3.22. The van der Waals surface area contributed by atoms with Crippen molar-refractivity contribution in [1.29, 1.82) is 0 Å². The predicted molar refractivity (Wildman–Crippen MR) is 148 cm³/mol.